The molecule has 1 heterocycles. The predicted octanol–water partition coefficient (Wildman–Crippen LogP) is 3.97. The molecule has 1 aliphatic heterocycles. The van der Waals surface area contributed by atoms with E-state index in [2.05, 4.69) is 5.32 Å². The van der Waals surface area contributed by atoms with Gasteiger partial charge in [0, 0.05) is 32.6 Å². The van der Waals surface area contributed by atoms with Crippen LogP contribution >= 0.6 is 0 Å². The molecule has 1 atom stereocenters. The smallest absolute Gasteiger partial charge is 0.256 e. The quantitative estimate of drug-likeness (QED) is 0.520. The topological polar surface area (TPSA) is 88.2 Å². The van der Waals surface area contributed by atoms with Crippen molar-refractivity contribution in [1.82, 2.24) is 4.90 Å². The molecule has 3 amide bonds. The Bertz CT molecular complexity index is 1260. The Balaban J connectivity index is 1.47. The zero-order valence-corrected chi connectivity index (χ0v) is 20.6. The maximum Gasteiger partial charge on any atom is 0.256 e. The van der Waals surface area contributed by atoms with Gasteiger partial charge in [-0.05, 0) is 29.8 Å². The van der Waals surface area contributed by atoms with E-state index in [-0.39, 0.29) is 30.7 Å². The first kappa shape index (κ1) is 24.8. The highest BCUT2D eigenvalue weighted by molar-refractivity contribution is 6.07. The van der Waals surface area contributed by atoms with Crippen LogP contribution in [0.3, 0.4) is 0 Å². The first-order chi connectivity index (χ1) is 17.4. The Morgan fingerprint density at radius 1 is 1.00 bits per heavy atom. The van der Waals surface area contributed by atoms with Crippen molar-refractivity contribution in [2.24, 2.45) is 5.92 Å². The average molecular weight is 488 g/mol. The van der Waals surface area contributed by atoms with Crippen LogP contribution in [0.25, 0.3) is 0 Å². The molecule has 0 radical (unpaired) electrons. The minimum atomic E-state index is -0.575. The number of nitrogens with zero attached hydrogens (tertiary/aromatic N) is 2. The molecule has 1 saturated heterocycles. The number of hydrogen-bond donors (Lipinski definition) is 1. The summed E-state index contributed by atoms with van der Waals surface area (Å²) in [5.74, 6) is -0.178. The summed E-state index contributed by atoms with van der Waals surface area (Å²) in [6.45, 7) is 0.648. The Morgan fingerprint density at radius 2 is 1.72 bits per heavy atom. The van der Waals surface area contributed by atoms with E-state index >= 15 is 0 Å². The van der Waals surface area contributed by atoms with Gasteiger partial charge < -0.3 is 24.6 Å². The fourth-order valence-electron chi connectivity index (χ4n) is 4.27. The Kier molecular flexibility index (Phi) is 7.53. The molecular formula is C28H29N3O5. The summed E-state index contributed by atoms with van der Waals surface area (Å²) in [7, 11) is 4.80. The van der Waals surface area contributed by atoms with E-state index in [0.29, 0.717) is 35.0 Å². The van der Waals surface area contributed by atoms with E-state index in [4.69, 9.17) is 9.47 Å². The lowest BCUT2D eigenvalue weighted by Gasteiger charge is -2.21. The summed E-state index contributed by atoms with van der Waals surface area (Å²) in [5, 5.41) is 2.87. The molecule has 1 unspecified atom stereocenters. The van der Waals surface area contributed by atoms with Gasteiger partial charge in [-0.2, -0.15) is 0 Å². The fraction of sp³-hybridized carbons (Fsp3) is 0.250. The van der Waals surface area contributed by atoms with Crippen molar-refractivity contribution in [1.29, 1.82) is 0 Å². The summed E-state index contributed by atoms with van der Waals surface area (Å²) in [6.07, 6.45) is 0.0606. The Hall–Kier alpha value is -4.33. The zero-order chi connectivity index (χ0) is 25.7. The molecular weight excluding hydrogens is 458 g/mol. The number of para-hydroxylation sites is 1. The number of methoxy groups -OCH3 is 2. The van der Waals surface area contributed by atoms with Crippen molar-refractivity contribution >= 4 is 29.1 Å². The summed E-state index contributed by atoms with van der Waals surface area (Å²) in [4.78, 5) is 42.3. The van der Waals surface area contributed by atoms with Crippen LogP contribution in [0.1, 0.15) is 22.3 Å². The molecule has 0 aliphatic carbocycles. The van der Waals surface area contributed by atoms with Gasteiger partial charge in [0.25, 0.3) is 5.91 Å². The van der Waals surface area contributed by atoms with Crippen molar-refractivity contribution < 1.29 is 23.9 Å². The third-order valence-corrected chi connectivity index (χ3v) is 6.20. The molecule has 3 aromatic rings. The van der Waals surface area contributed by atoms with Gasteiger partial charge in [0.15, 0.2) is 0 Å². The van der Waals surface area contributed by atoms with Crippen molar-refractivity contribution in [3.05, 3.63) is 83.9 Å². The second kappa shape index (κ2) is 10.9. The van der Waals surface area contributed by atoms with Gasteiger partial charge in [-0.25, -0.2) is 0 Å². The SMILES string of the molecule is COc1ccc(N2CC(C(=O)Nc3ccccc3C(=O)N(C)Cc3ccccc3)CC2=O)c(OC)c1. The third-order valence-electron chi connectivity index (χ3n) is 6.20. The van der Waals surface area contributed by atoms with E-state index in [1.807, 2.05) is 30.3 Å². The van der Waals surface area contributed by atoms with Gasteiger partial charge >= 0.3 is 0 Å². The largest absolute Gasteiger partial charge is 0.497 e. The molecule has 0 spiro atoms. The zero-order valence-electron chi connectivity index (χ0n) is 20.6. The number of rotatable bonds is 8. The molecule has 8 nitrogen and oxygen atoms in total. The third kappa shape index (κ3) is 5.33. The molecule has 1 N–H and O–H groups in total. The highest BCUT2D eigenvalue weighted by atomic mass is 16.5. The number of nitrogens with one attached hydrogen (secondary N) is 1. The average Bonchev–Trinajstić information content (AvgIpc) is 3.30. The number of amides is 3. The van der Waals surface area contributed by atoms with Crippen LogP contribution in [0.2, 0.25) is 0 Å². The van der Waals surface area contributed by atoms with E-state index in [0.717, 1.165) is 5.56 Å². The van der Waals surface area contributed by atoms with Gasteiger partial charge in [-0.15, -0.1) is 0 Å². The molecule has 36 heavy (non-hydrogen) atoms. The minimum Gasteiger partial charge on any atom is -0.497 e. The minimum absolute atomic E-state index is 0.0606. The number of anilines is 2. The van der Waals surface area contributed by atoms with Crippen LogP contribution in [-0.2, 0) is 16.1 Å². The lowest BCUT2D eigenvalue weighted by atomic mass is 10.1. The van der Waals surface area contributed by atoms with Crippen LogP contribution in [0.5, 0.6) is 11.5 Å². The Labute approximate surface area is 210 Å². The van der Waals surface area contributed by atoms with E-state index in [1.54, 1.807) is 66.4 Å². The summed E-state index contributed by atoms with van der Waals surface area (Å²) in [5.41, 5.74) is 2.40. The molecule has 0 bridgehead atoms. The number of ether oxygens (including phenoxy) is 2. The molecule has 1 aliphatic rings. The van der Waals surface area contributed by atoms with Gasteiger partial charge in [0.1, 0.15) is 11.5 Å². The normalized spacial score (nSPS) is 14.9. The fourth-order valence-corrected chi connectivity index (χ4v) is 4.27. The van der Waals surface area contributed by atoms with Crippen molar-refractivity contribution in [3.8, 4) is 11.5 Å². The van der Waals surface area contributed by atoms with Crippen LogP contribution in [-0.4, -0.2) is 50.4 Å². The van der Waals surface area contributed by atoms with E-state index in [9.17, 15) is 14.4 Å². The molecule has 3 aromatic carbocycles. The maximum absolute atomic E-state index is 13.2. The number of hydrogen-bond acceptors (Lipinski definition) is 5. The lowest BCUT2D eigenvalue weighted by molar-refractivity contribution is -0.122. The first-order valence-corrected chi connectivity index (χ1v) is 11.6. The number of benzene rings is 3. The maximum atomic E-state index is 13.2. The van der Waals surface area contributed by atoms with Gasteiger partial charge in [-0.1, -0.05) is 42.5 Å². The number of carbonyl (C=O) groups is 3. The highest BCUT2D eigenvalue weighted by Crippen LogP contribution is 2.36. The lowest BCUT2D eigenvalue weighted by Crippen LogP contribution is -2.30. The number of carbonyl (C=O) groups excluding carboxylic acids is 3. The molecule has 186 valence electrons. The van der Waals surface area contributed by atoms with E-state index < -0.39 is 5.92 Å². The van der Waals surface area contributed by atoms with Gasteiger partial charge in [-0.3, -0.25) is 14.4 Å². The highest BCUT2D eigenvalue weighted by Gasteiger charge is 2.36. The summed E-state index contributed by atoms with van der Waals surface area (Å²) < 4.78 is 10.7. The second-order valence-electron chi connectivity index (χ2n) is 8.62. The van der Waals surface area contributed by atoms with Crippen molar-refractivity contribution in [2.75, 3.05) is 38.0 Å². The van der Waals surface area contributed by atoms with E-state index in [1.165, 1.54) is 7.11 Å². The second-order valence-corrected chi connectivity index (χ2v) is 8.62. The molecule has 8 heteroatoms. The monoisotopic (exact) mass is 487 g/mol. The van der Waals surface area contributed by atoms with Crippen LogP contribution in [0.15, 0.2) is 72.8 Å². The molecule has 1 fully saturated rings. The molecule has 0 saturated carbocycles. The molecule has 4 rings (SSSR count). The van der Waals surface area contributed by atoms with Crippen LogP contribution in [0.4, 0.5) is 11.4 Å². The van der Waals surface area contributed by atoms with Crippen molar-refractivity contribution in [3.63, 3.8) is 0 Å². The standard InChI is InChI=1S/C28H29N3O5/c1-30(17-19-9-5-4-6-10-19)28(34)22-11-7-8-12-23(22)29-27(33)20-15-26(32)31(18-20)24-14-13-21(35-2)16-25(24)36-3/h4-14,16,20H,15,17-18H2,1-3H3,(H,29,33). The van der Waals surface area contributed by atoms with Gasteiger partial charge in [0.05, 0.1) is 37.1 Å². The van der Waals surface area contributed by atoms with Crippen molar-refractivity contribution in [2.45, 2.75) is 13.0 Å². The summed E-state index contributed by atoms with van der Waals surface area (Å²) in [6, 6.07) is 21.8. The first-order valence-electron chi connectivity index (χ1n) is 11.6. The molecule has 0 aromatic heterocycles. The van der Waals surface area contributed by atoms with Gasteiger partial charge in [0.2, 0.25) is 11.8 Å². The summed E-state index contributed by atoms with van der Waals surface area (Å²) >= 11 is 0. The Morgan fingerprint density at radius 3 is 2.44 bits per heavy atom. The predicted molar refractivity (Wildman–Crippen MR) is 137 cm³/mol. The van der Waals surface area contributed by atoms with Crippen LogP contribution < -0.4 is 19.7 Å². The van der Waals surface area contributed by atoms with Crippen LogP contribution in [0, 0.1) is 5.92 Å².